The fourth-order valence-corrected chi connectivity index (χ4v) is 3.23. The number of nitrogens with zero attached hydrogens (tertiary/aromatic N) is 1. The molecule has 28 heavy (non-hydrogen) atoms. The average molecular weight is 377 g/mol. The summed E-state index contributed by atoms with van der Waals surface area (Å²) in [6.07, 6.45) is 0.892. The van der Waals surface area contributed by atoms with Gasteiger partial charge in [-0.1, -0.05) is 30.3 Å². The zero-order valence-corrected chi connectivity index (χ0v) is 16.0. The molecule has 0 aliphatic carbocycles. The third-order valence-electron chi connectivity index (χ3n) is 4.72. The summed E-state index contributed by atoms with van der Waals surface area (Å²) in [5, 5.41) is 6.13. The van der Waals surface area contributed by atoms with E-state index in [4.69, 9.17) is 0 Å². The summed E-state index contributed by atoms with van der Waals surface area (Å²) in [6, 6.07) is 16.3. The molecule has 0 saturated carbocycles. The number of aromatic nitrogens is 1. The average Bonchev–Trinajstić information content (AvgIpc) is 2.70. The first-order valence-corrected chi connectivity index (χ1v) is 9.17. The topological polar surface area (TPSA) is 80.2 Å². The van der Waals surface area contributed by atoms with Crippen LogP contribution < -0.4 is 16.1 Å². The molecule has 0 unspecified atom stereocenters. The van der Waals surface area contributed by atoms with Crippen LogP contribution in [0.1, 0.15) is 17.7 Å². The number of para-hydroxylation sites is 2. The SMILES string of the molecule is CNC(=O)CCc1ccccc1NC(=O)Cn1c(C)cc(=O)c2ccccc21. The van der Waals surface area contributed by atoms with Crippen molar-refractivity contribution in [1.82, 2.24) is 9.88 Å². The zero-order chi connectivity index (χ0) is 20.1. The highest BCUT2D eigenvalue weighted by Crippen LogP contribution is 2.18. The van der Waals surface area contributed by atoms with Gasteiger partial charge < -0.3 is 15.2 Å². The molecule has 6 heteroatoms. The smallest absolute Gasteiger partial charge is 0.244 e. The van der Waals surface area contributed by atoms with Crippen molar-refractivity contribution in [2.24, 2.45) is 0 Å². The van der Waals surface area contributed by atoms with Gasteiger partial charge in [0.15, 0.2) is 5.43 Å². The van der Waals surface area contributed by atoms with Gasteiger partial charge in [-0.3, -0.25) is 14.4 Å². The van der Waals surface area contributed by atoms with Gasteiger partial charge in [-0.15, -0.1) is 0 Å². The van der Waals surface area contributed by atoms with Gasteiger partial charge in [0.05, 0.1) is 5.52 Å². The van der Waals surface area contributed by atoms with Crippen LogP contribution in [-0.2, 0) is 22.6 Å². The van der Waals surface area contributed by atoms with Crippen LogP contribution in [0.4, 0.5) is 5.69 Å². The molecule has 144 valence electrons. The molecule has 0 fully saturated rings. The Morgan fingerprint density at radius 2 is 1.71 bits per heavy atom. The largest absolute Gasteiger partial charge is 0.359 e. The van der Waals surface area contributed by atoms with Crippen LogP contribution in [0, 0.1) is 6.92 Å². The molecular formula is C22H23N3O3. The number of hydrogen-bond donors (Lipinski definition) is 2. The quantitative estimate of drug-likeness (QED) is 0.693. The van der Waals surface area contributed by atoms with Gasteiger partial charge in [0.2, 0.25) is 11.8 Å². The first kappa shape index (κ1) is 19.4. The van der Waals surface area contributed by atoms with Crippen molar-refractivity contribution in [3.63, 3.8) is 0 Å². The monoisotopic (exact) mass is 377 g/mol. The predicted octanol–water partition coefficient (Wildman–Crippen LogP) is 2.63. The Morgan fingerprint density at radius 1 is 1.00 bits per heavy atom. The Balaban J connectivity index is 1.82. The van der Waals surface area contributed by atoms with Gasteiger partial charge in [0.1, 0.15) is 6.54 Å². The van der Waals surface area contributed by atoms with Crippen LogP contribution in [-0.4, -0.2) is 23.4 Å². The van der Waals surface area contributed by atoms with Crippen molar-refractivity contribution in [2.75, 3.05) is 12.4 Å². The van der Waals surface area contributed by atoms with Crippen LogP contribution >= 0.6 is 0 Å². The minimum absolute atomic E-state index is 0.0449. The molecule has 2 amide bonds. The van der Waals surface area contributed by atoms with E-state index < -0.39 is 0 Å². The van der Waals surface area contributed by atoms with E-state index in [-0.39, 0.29) is 23.8 Å². The third-order valence-corrected chi connectivity index (χ3v) is 4.72. The van der Waals surface area contributed by atoms with Crippen LogP contribution in [0.2, 0.25) is 0 Å². The molecule has 1 aromatic heterocycles. The minimum atomic E-state index is -0.190. The van der Waals surface area contributed by atoms with E-state index in [0.717, 1.165) is 16.8 Å². The Morgan fingerprint density at radius 3 is 2.50 bits per heavy atom. The number of nitrogens with one attached hydrogen (secondary N) is 2. The van der Waals surface area contributed by atoms with Gasteiger partial charge in [-0.25, -0.2) is 0 Å². The predicted molar refractivity (Wildman–Crippen MR) is 110 cm³/mol. The molecule has 0 aliphatic heterocycles. The van der Waals surface area contributed by atoms with Crippen molar-refractivity contribution >= 4 is 28.4 Å². The van der Waals surface area contributed by atoms with Crippen molar-refractivity contribution in [3.05, 3.63) is 76.1 Å². The Bertz CT molecular complexity index is 1090. The number of rotatable bonds is 6. The fourth-order valence-electron chi connectivity index (χ4n) is 3.23. The lowest BCUT2D eigenvalue weighted by atomic mass is 10.1. The second kappa shape index (κ2) is 8.52. The number of carbonyl (C=O) groups excluding carboxylic acids is 2. The van der Waals surface area contributed by atoms with Crippen LogP contribution in [0.15, 0.2) is 59.4 Å². The molecule has 3 rings (SSSR count). The molecule has 3 aromatic rings. The summed E-state index contributed by atoms with van der Waals surface area (Å²) in [5.74, 6) is -0.235. The highest BCUT2D eigenvalue weighted by atomic mass is 16.2. The standard InChI is InChI=1S/C22H23N3O3/c1-15-13-20(26)17-8-4-6-10-19(17)25(15)14-22(28)24-18-9-5-3-7-16(18)11-12-21(27)23-2/h3-10,13H,11-12,14H2,1-2H3,(H,23,27)(H,24,28). The van der Waals surface area contributed by atoms with Crippen LogP contribution in [0.5, 0.6) is 0 Å². The maximum atomic E-state index is 12.7. The summed E-state index contributed by atoms with van der Waals surface area (Å²) in [6.45, 7) is 1.91. The first-order valence-electron chi connectivity index (χ1n) is 9.17. The van der Waals surface area contributed by atoms with Gasteiger partial charge in [-0.05, 0) is 37.1 Å². The van der Waals surface area contributed by atoms with Crippen molar-refractivity contribution in [1.29, 1.82) is 0 Å². The summed E-state index contributed by atoms with van der Waals surface area (Å²) < 4.78 is 1.83. The van der Waals surface area contributed by atoms with E-state index in [0.29, 0.717) is 23.9 Å². The van der Waals surface area contributed by atoms with E-state index in [2.05, 4.69) is 10.6 Å². The summed E-state index contributed by atoms with van der Waals surface area (Å²) in [5.41, 5.74) is 3.01. The van der Waals surface area contributed by atoms with Gasteiger partial charge in [-0.2, -0.15) is 0 Å². The molecule has 0 bridgehead atoms. The number of aryl methyl sites for hydroxylation is 2. The normalized spacial score (nSPS) is 10.6. The van der Waals surface area contributed by atoms with E-state index in [1.165, 1.54) is 0 Å². The molecular weight excluding hydrogens is 354 g/mol. The number of pyridine rings is 1. The number of carbonyl (C=O) groups is 2. The van der Waals surface area contributed by atoms with Crippen molar-refractivity contribution in [2.45, 2.75) is 26.3 Å². The fraction of sp³-hybridized carbons (Fsp3) is 0.227. The van der Waals surface area contributed by atoms with Gasteiger partial charge in [0.25, 0.3) is 0 Å². The van der Waals surface area contributed by atoms with Gasteiger partial charge in [0, 0.05) is 36.3 Å². The molecule has 0 atom stereocenters. The molecule has 0 aliphatic rings. The summed E-state index contributed by atoms with van der Waals surface area (Å²) in [7, 11) is 1.60. The molecule has 0 spiro atoms. The molecule has 0 saturated heterocycles. The molecule has 2 N–H and O–H groups in total. The highest BCUT2D eigenvalue weighted by molar-refractivity contribution is 5.92. The second-order valence-corrected chi connectivity index (χ2v) is 6.63. The number of benzene rings is 2. The molecule has 2 aromatic carbocycles. The van der Waals surface area contributed by atoms with E-state index in [1.54, 1.807) is 19.2 Å². The van der Waals surface area contributed by atoms with E-state index in [9.17, 15) is 14.4 Å². The number of fused-ring (bicyclic) bond motifs is 1. The maximum Gasteiger partial charge on any atom is 0.244 e. The Labute approximate surface area is 163 Å². The number of anilines is 1. The van der Waals surface area contributed by atoms with Crippen LogP contribution in [0.3, 0.4) is 0 Å². The van der Waals surface area contributed by atoms with Crippen LogP contribution in [0.25, 0.3) is 10.9 Å². The van der Waals surface area contributed by atoms with Crippen molar-refractivity contribution < 1.29 is 9.59 Å². The van der Waals surface area contributed by atoms with Gasteiger partial charge >= 0.3 is 0 Å². The number of amides is 2. The lowest BCUT2D eigenvalue weighted by Crippen LogP contribution is -2.23. The minimum Gasteiger partial charge on any atom is -0.359 e. The lowest BCUT2D eigenvalue weighted by molar-refractivity contribution is -0.120. The Kier molecular flexibility index (Phi) is 5.89. The maximum absolute atomic E-state index is 12.7. The van der Waals surface area contributed by atoms with Crippen molar-refractivity contribution in [3.8, 4) is 0 Å². The lowest BCUT2D eigenvalue weighted by Gasteiger charge is -2.16. The zero-order valence-electron chi connectivity index (χ0n) is 16.0. The first-order chi connectivity index (χ1) is 13.5. The van der Waals surface area contributed by atoms with E-state index >= 15 is 0 Å². The Hall–Kier alpha value is -3.41. The molecule has 0 radical (unpaired) electrons. The number of hydrogen-bond acceptors (Lipinski definition) is 3. The molecule has 1 heterocycles. The molecule has 6 nitrogen and oxygen atoms in total. The third kappa shape index (κ3) is 4.28. The summed E-state index contributed by atoms with van der Waals surface area (Å²) in [4.78, 5) is 36.4. The summed E-state index contributed by atoms with van der Waals surface area (Å²) >= 11 is 0. The second-order valence-electron chi connectivity index (χ2n) is 6.63. The highest BCUT2D eigenvalue weighted by Gasteiger charge is 2.12. The van der Waals surface area contributed by atoms with E-state index in [1.807, 2.05) is 54.0 Å².